The van der Waals surface area contributed by atoms with Crippen molar-refractivity contribution in [1.82, 2.24) is 15.1 Å². The predicted molar refractivity (Wildman–Crippen MR) is 111 cm³/mol. The van der Waals surface area contributed by atoms with Gasteiger partial charge in [-0.3, -0.25) is 24.4 Å². The van der Waals surface area contributed by atoms with Crippen molar-refractivity contribution in [2.45, 2.75) is 18.8 Å². The first-order valence-corrected chi connectivity index (χ1v) is 9.79. The van der Waals surface area contributed by atoms with Gasteiger partial charge in [-0.1, -0.05) is 18.2 Å². The fourth-order valence-corrected chi connectivity index (χ4v) is 3.73. The van der Waals surface area contributed by atoms with Gasteiger partial charge in [0, 0.05) is 18.9 Å². The van der Waals surface area contributed by atoms with Crippen molar-refractivity contribution in [3.8, 4) is 11.8 Å². The average molecular weight is 435 g/mol. The van der Waals surface area contributed by atoms with Crippen LogP contribution >= 0.6 is 0 Å². The molecule has 0 aliphatic carbocycles. The van der Waals surface area contributed by atoms with Gasteiger partial charge in [-0.25, -0.2) is 4.39 Å². The van der Waals surface area contributed by atoms with Crippen molar-refractivity contribution >= 4 is 34.3 Å². The molecule has 10 heteroatoms. The Labute approximate surface area is 181 Å². The number of halogens is 1. The highest BCUT2D eigenvalue weighted by Crippen LogP contribution is 2.34. The Morgan fingerprint density at radius 3 is 2.88 bits per heavy atom. The maximum atomic E-state index is 13.7. The number of amides is 3. The lowest BCUT2D eigenvalue weighted by Gasteiger charge is -2.19. The molecule has 1 aliphatic rings. The average Bonchev–Trinajstić information content (AvgIpc) is 3.09. The summed E-state index contributed by atoms with van der Waals surface area (Å²) < 4.78 is 20.9. The maximum absolute atomic E-state index is 13.7. The molecule has 0 spiro atoms. The number of aryl methyl sites for hydroxylation is 1. The molecular formula is C22H18FN5O4. The molecule has 0 bridgehead atoms. The van der Waals surface area contributed by atoms with Crippen LogP contribution in [-0.4, -0.2) is 34.1 Å². The standard InChI is InChI=1S/C22H18FN5O4/c1-28-21-12(20(27-28)13-8-9-18(29)26-22(13)31)4-2-7-17(21)32-11-19(30)25-16-6-3-5-15(23)14(16)10-24/h2-7,13H,8-9,11H2,1H3,(H,25,30)(H,26,29,31). The van der Waals surface area contributed by atoms with E-state index in [2.05, 4.69) is 15.7 Å². The Morgan fingerprint density at radius 1 is 1.34 bits per heavy atom. The number of hydrogen-bond donors (Lipinski definition) is 2. The summed E-state index contributed by atoms with van der Waals surface area (Å²) >= 11 is 0. The molecule has 1 unspecified atom stereocenters. The summed E-state index contributed by atoms with van der Waals surface area (Å²) in [4.78, 5) is 36.1. The second kappa shape index (κ2) is 8.47. The van der Waals surface area contributed by atoms with E-state index in [9.17, 15) is 18.8 Å². The zero-order valence-corrected chi connectivity index (χ0v) is 17.0. The van der Waals surface area contributed by atoms with E-state index in [0.29, 0.717) is 28.8 Å². The molecule has 0 saturated carbocycles. The van der Waals surface area contributed by atoms with Crippen LogP contribution < -0.4 is 15.4 Å². The number of para-hydroxylation sites is 1. The summed E-state index contributed by atoms with van der Waals surface area (Å²) in [5.41, 5.74) is 0.910. The molecule has 1 aromatic heterocycles. The number of fused-ring (bicyclic) bond motifs is 1. The molecule has 2 heterocycles. The fourth-order valence-electron chi connectivity index (χ4n) is 3.73. The Morgan fingerprint density at radius 2 is 2.12 bits per heavy atom. The van der Waals surface area contributed by atoms with E-state index in [4.69, 9.17) is 10.00 Å². The summed E-state index contributed by atoms with van der Waals surface area (Å²) in [6.45, 7) is -0.389. The van der Waals surface area contributed by atoms with E-state index in [1.807, 2.05) is 0 Å². The summed E-state index contributed by atoms with van der Waals surface area (Å²) in [6, 6.07) is 10.8. The van der Waals surface area contributed by atoms with E-state index in [0.717, 1.165) is 6.07 Å². The summed E-state index contributed by atoms with van der Waals surface area (Å²) in [6.07, 6.45) is 0.592. The normalized spacial score (nSPS) is 15.8. The lowest BCUT2D eigenvalue weighted by Crippen LogP contribution is -2.39. The van der Waals surface area contributed by atoms with E-state index >= 15 is 0 Å². The van der Waals surface area contributed by atoms with Gasteiger partial charge in [0.2, 0.25) is 11.8 Å². The van der Waals surface area contributed by atoms with Gasteiger partial charge in [0.15, 0.2) is 6.61 Å². The molecule has 32 heavy (non-hydrogen) atoms. The van der Waals surface area contributed by atoms with E-state index in [-0.39, 0.29) is 30.2 Å². The Kier molecular flexibility index (Phi) is 5.55. The highest BCUT2D eigenvalue weighted by atomic mass is 19.1. The first-order chi connectivity index (χ1) is 15.4. The van der Waals surface area contributed by atoms with Gasteiger partial charge in [0.05, 0.1) is 17.3 Å². The molecule has 2 N–H and O–H groups in total. The van der Waals surface area contributed by atoms with Crippen molar-refractivity contribution in [3.63, 3.8) is 0 Å². The molecule has 1 saturated heterocycles. The zero-order valence-electron chi connectivity index (χ0n) is 17.0. The molecule has 4 rings (SSSR count). The van der Waals surface area contributed by atoms with Gasteiger partial charge in [0.25, 0.3) is 5.91 Å². The Bertz CT molecular complexity index is 1290. The van der Waals surface area contributed by atoms with Crippen LogP contribution in [0.5, 0.6) is 5.75 Å². The third-order valence-electron chi connectivity index (χ3n) is 5.18. The lowest BCUT2D eigenvalue weighted by atomic mass is 9.93. The summed E-state index contributed by atoms with van der Waals surface area (Å²) in [5.74, 6) is -2.20. The van der Waals surface area contributed by atoms with Gasteiger partial charge < -0.3 is 10.1 Å². The van der Waals surface area contributed by atoms with Crippen LogP contribution in [0.2, 0.25) is 0 Å². The number of carbonyl (C=O) groups excluding carboxylic acids is 3. The first-order valence-electron chi connectivity index (χ1n) is 9.79. The number of nitrogens with one attached hydrogen (secondary N) is 2. The Hall–Kier alpha value is -4.26. The third kappa shape index (κ3) is 3.88. The molecule has 9 nitrogen and oxygen atoms in total. The fraction of sp³-hybridized carbons (Fsp3) is 0.227. The van der Waals surface area contributed by atoms with Crippen molar-refractivity contribution in [2.24, 2.45) is 7.05 Å². The van der Waals surface area contributed by atoms with Crippen LogP contribution in [0, 0.1) is 17.1 Å². The highest BCUT2D eigenvalue weighted by molar-refractivity contribution is 6.03. The molecule has 2 aromatic carbocycles. The number of benzene rings is 2. The van der Waals surface area contributed by atoms with E-state index in [1.165, 1.54) is 12.1 Å². The second-order valence-electron chi connectivity index (χ2n) is 7.28. The number of ether oxygens (including phenoxy) is 1. The number of imide groups is 1. The van der Waals surface area contributed by atoms with Gasteiger partial charge in [-0.15, -0.1) is 0 Å². The highest BCUT2D eigenvalue weighted by Gasteiger charge is 2.32. The number of hydrogen-bond acceptors (Lipinski definition) is 6. The minimum absolute atomic E-state index is 0.0555. The van der Waals surface area contributed by atoms with Gasteiger partial charge in [0.1, 0.15) is 28.7 Å². The van der Waals surface area contributed by atoms with Gasteiger partial charge in [-0.05, 0) is 24.6 Å². The molecule has 1 atom stereocenters. The SMILES string of the molecule is Cn1nc(C2CCC(=O)NC2=O)c2cccc(OCC(=O)Nc3cccc(F)c3C#N)c21. The molecule has 1 fully saturated rings. The van der Waals surface area contributed by atoms with Gasteiger partial charge in [-0.2, -0.15) is 10.4 Å². The Balaban J connectivity index is 1.55. The molecule has 162 valence electrons. The monoisotopic (exact) mass is 435 g/mol. The number of nitriles is 1. The first kappa shape index (κ1) is 21.0. The lowest BCUT2D eigenvalue weighted by molar-refractivity contribution is -0.134. The molecule has 3 amide bonds. The van der Waals surface area contributed by atoms with Crippen LogP contribution in [-0.2, 0) is 21.4 Å². The van der Waals surface area contributed by atoms with Crippen molar-refractivity contribution in [2.75, 3.05) is 11.9 Å². The number of rotatable bonds is 5. The van der Waals surface area contributed by atoms with Gasteiger partial charge >= 0.3 is 0 Å². The van der Waals surface area contributed by atoms with Crippen LogP contribution in [0.1, 0.15) is 30.0 Å². The minimum atomic E-state index is -0.730. The molecular weight excluding hydrogens is 417 g/mol. The zero-order chi connectivity index (χ0) is 22.8. The number of aromatic nitrogens is 2. The molecule has 3 aromatic rings. The number of piperidine rings is 1. The van der Waals surface area contributed by atoms with Crippen LogP contribution in [0.4, 0.5) is 10.1 Å². The summed E-state index contributed by atoms with van der Waals surface area (Å²) in [5, 5.41) is 19.0. The molecule has 0 radical (unpaired) electrons. The third-order valence-corrected chi connectivity index (χ3v) is 5.18. The van der Waals surface area contributed by atoms with Crippen LogP contribution in [0.3, 0.4) is 0 Å². The number of nitrogens with zero attached hydrogens (tertiary/aromatic N) is 3. The smallest absolute Gasteiger partial charge is 0.262 e. The quantitative estimate of drug-likeness (QED) is 0.591. The van der Waals surface area contributed by atoms with Crippen molar-refractivity contribution in [1.29, 1.82) is 5.26 Å². The largest absolute Gasteiger partial charge is 0.481 e. The maximum Gasteiger partial charge on any atom is 0.262 e. The minimum Gasteiger partial charge on any atom is -0.481 e. The van der Waals surface area contributed by atoms with E-state index < -0.39 is 23.5 Å². The number of carbonyl (C=O) groups is 3. The summed E-state index contributed by atoms with van der Waals surface area (Å²) in [7, 11) is 1.69. The van der Waals surface area contributed by atoms with Crippen molar-refractivity contribution < 1.29 is 23.5 Å². The second-order valence-corrected chi connectivity index (χ2v) is 7.28. The van der Waals surface area contributed by atoms with Crippen LogP contribution in [0.15, 0.2) is 36.4 Å². The molecule has 1 aliphatic heterocycles. The topological polar surface area (TPSA) is 126 Å². The van der Waals surface area contributed by atoms with E-state index in [1.54, 1.807) is 36.0 Å². The predicted octanol–water partition coefficient (Wildman–Crippen LogP) is 2.12. The number of anilines is 1. The van der Waals surface area contributed by atoms with Crippen molar-refractivity contribution in [3.05, 3.63) is 53.5 Å². The van der Waals surface area contributed by atoms with Crippen LogP contribution in [0.25, 0.3) is 10.9 Å².